The molecule has 0 spiro atoms. The highest BCUT2D eigenvalue weighted by Crippen LogP contribution is 2.21. The number of rotatable bonds is 7. The predicted octanol–water partition coefficient (Wildman–Crippen LogP) is 2.95. The summed E-state index contributed by atoms with van der Waals surface area (Å²) >= 11 is 0. The van der Waals surface area contributed by atoms with Crippen LogP contribution in [0.25, 0.3) is 11.0 Å². The van der Waals surface area contributed by atoms with Gasteiger partial charge in [0.1, 0.15) is 11.2 Å². The van der Waals surface area contributed by atoms with Gasteiger partial charge in [-0.2, -0.15) is 0 Å². The van der Waals surface area contributed by atoms with Crippen LogP contribution in [0.2, 0.25) is 0 Å². The second kappa shape index (κ2) is 10.1. The minimum absolute atomic E-state index is 0.0390. The van der Waals surface area contributed by atoms with Crippen LogP contribution < -0.4 is 16.1 Å². The molecule has 1 unspecified atom stereocenters. The number of terminal acetylenes is 1. The number of hydrogen-bond donors (Lipinski definition) is 2. The molecule has 2 heterocycles. The summed E-state index contributed by atoms with van der Waals surface area (Å²) in [6.07, 6.45) is 12.8. The Balaban J connectivity index is 1.62. The summed E-state index contributed by atoms with van der Waals surface area (Å²) in [7, 11) is 0. The number of nitrogens with zero attached hydrogens (tertiary/aromatic N) is 2. The van der Waals surface area contributed by atoms with E-state index in [-0.39, 0.29) is 30.5 Å². The molecule has 1 fully saturated rings. The maximum absolute atomic E-state index is 13.2. The third kappa shape index (κ3) is 5.12. The summed E-state index contributed by atoms with van der Waals surface area (Å²) in [5.41, 5.74) is 0.750. The van der Waals surface area contributed by atoms with Crippen LogP contribution in [0.3, 0.4) is 0 Å². The van der Waals surface area contributed by atoms with Crippen LogP contribution in [0.4, 0.5) is 0 Å². The van der Waals surface area contributed by atoms with Crippen LogP contribution in [-0.2, 0) is 11.3 Å². The topological polar surface area (TPSA) is 93.1 Å². The third-order valence-electron chi connectivity index (χ3n) is 5.96. The van der Waals surface area contributed by atoms with Crippen LogP contribution in [-0.4, -0.2) is 27.4 Å². The van der Waals surface area contributed by atoms with Crippen molar-refractivity contribution < 1.29 is 9.59 Å². The normalized spacial score (nSPS) is 14.5. The van der Waals surface area contributed by atoms with Gasteiger partial charge in [0, 0.05) is 18.4 Å². The van der Waals surface area contributed by atoms with E-state index in [0.29, 0.717) is 11.0 Å². The van der Waals surface area contributed by atoms with Gasteiger partial charge in [-0.05, 0) is 30.5 Å². The Kier molecular flexibility index (Phi) is 6.84. The van der Waals surface area contributed by atoms with Crippen molar-refractivity contribution in [3.8, 4) is 12.3 Å². The molecule has 1 atom stereocenters. The van der Waals surface area contributed by atoms with E-state index in [1.54, 1.807) is 22.9 Å². The Morgan fingerprint density at radius 3 is 2.64 bits per heavy atom. The first-order valence-electron chi connectivity index (χ1n) is 11.1. The van der Waals surface area contributed by atoms with Gasteiger partial charge < -0.3 is 15.2 Å². The molecule has 1 saturated carbocycles. The Labute approximate surface area is 192 Å². The van der Waals surface area contributed by atoms with E-state index in [9.17, 15) is 14.4 Å². The number of pyridine rings is 2. The summed E-state index contributed by atoms with van der Waals surface area (Å²) in [6, 6.07) is 12.2. The molecule has 1 aromatic carbocycles. The van der Waals surface area contributed by atoms with Gasteiger partial charge in [0.05, 0.1) is 24.4 Å². The Morgan fingerprint density at radius 2 is 1.91 bits per heavy atom. The number of carbonyl (C=O) groups is 2. The van der Waals surface area contributed by atoms with Gasteiger partial charge in [-0.25, -0.2) is 4.98 Å². The average molecular weight is 443 g/mol. The highest BCUT2D eigenvalue weighted by atomic mass is 16.2. The lowest BCUT2D eigenvalue weighted by atomic mass is 10.0. The van der Waals surface area contributed by atoms with Crippen LogP contribution in [0.15, 0.2) is 59.7 Å². The first kappa shape index (κ1) is 22.3. The van der Waals surface area contributed by atoms with Crippen molar-refractivity contribution in [2.45, 2.75) is 50.7 Å². The van der Waals surface area contributed by atoms with Crippen LogP contribution in [0.1, 0.15) is 54.1 Å². The van der Waals surface area contributed by atoms with Crippen molar-refractivity contribution in [2.24, 2.45) is 0 Å². The number of hydrogen-bond acceptors (Lipinski definition) is 4. The van der Waals surface area contributed by atoms with Crippen molar-refractivity contribution in [3.63, 3.8) is 0 Å². The standard InChI is InChI=1S/C26H26N4O3/c1-2-15-30-17-21(24(32)20-13-8-14-27-25(20)30)26(33)29-22(18-9-4-3-5-10-18)16-23(31)28-19-11-6-7-12-19/h1,3-5,8-10,13-14,17,19,22H,6-7,11-12,15-16H2,(H,28,31)(H,29,33). The Morgan fingerprint density at radius 1 is 1.15 bits per heavy atom. The number of carbonyl (C=O) groups excluding carboxylic acids is 2. The molecule has 2 aromatic heterocycles. The van der Waals surface area contributed by atoms with Crippen molar-refractivity contribution >= 4 is 22.8 Å². The molecule has 33 heavy (non-hydrogen) atoms. The molecule has 168 valence electrons. The summed E-state index contributed by atoms with van der Waals surface area (Å²) < 4.78 is 1.61. The molecule has 2 N–H and O–H groups in total. The van der Waals surface area contributed by atoms with Gasteiger partial charge in [0.2, 0.25) is 11.3 Å². The smallest absolute Gasteiger partial charge is 0.257 e. The number of aromatic nitrogens is 2. The van der Waals surface area contributed by atoms with Crippen molar-refractivity contribution in [2.75, 3.05) is 0 Å². The highest BCUT2D eigenvalue weighted by Gasteiger charge is 2.24. The Bertz CT molecular complexity index is 1250. The minimum Gasteiger partial charge on any atom is -0.353 e. The summed E-state index contributed by atoms with van der Waals surface area (Å²) in [5.74, 6) is 1.85. The number of nitrogens with one attached hydrogen (secondary N) is 2. The molecule has 0 saturated heterocycles. The van der Waals surface area contributed by atoms with Gasteiger partial charge in [-0.15, -0.1) is 6.42 Å². The molecule has 7 heteroatoms. The van der Waals surface area contributed by atoms with E-state index in [1.807, 2.05) is 30.3 Å². The molecule has 0 radical (unpaired) electrons. The van der Waals surface area contributed by atoms with Gasteiger partial charge in [0.25, 0.3) is 5.91 Å². The van der Waals surface area contributed by atoms with E-state index >= 15 is 0 Å². The summed E-state index contributed by atoms with van der Waals surface area (Å²) in [5, 5.41) is 6.28. The molecule has 0 aliphatic heterocycles. The molecule has 1 aliphatic carbocycles. The van der Waals surface area contributed by atoms with E-state index in [2.05, 4.69) is 21.5 Å². The molecule has 7 nitrogen and oxygen atoms in total. The SMILES string of the molecule is C#CCn1cc(C(=O)NC(CC(=O)NC2CCCC2)c2ccccc2)c(=O)c2cccnc21. The second-order valence-electron chi connectivity index (χ2n) is 8.27. The predicted molar refractivity (Wildman–Crippen MR) is 127 cm³/mol. The lowest BCUT2D eigenvalue weighted by Crippen LogP contribution is -2.38. The molecular weight excluding hydrogens is 416 g/mol. The fourth-order valence-electron chi connectivity index (χ4n) is 4.32. The Hall–Kier alpha value is -3.92. The molecule has 1 aliphatic rings. The van der Waals surface area contributed by atoms with Gasteiger partial charge in [-0.1, -0.05) is 49.1 Å². The largest absolute Gasteiger partial charge is 0.353 e. The van der Waals surface area contributed by atoms with Crippen molar-refractivity contribution in [1.29, 1.82) is 0 Å². The molecule has 3 aromatic rings. The molecule has 2 amide bonds. The van der Waals surface area contributed by atoms with E-state index in [0.717, 1.165) is 31.2 Å². The van der Waals surface area contributed by atoms with Gasteiger partial charge in [-0.3, -0.25) is 14.4 Å². The molecule has 4 rings (SSSR count). The average Bonchev–Trinajstić information content (AvgIpc) is 3.34. The zero-order valence-corrected chi connectivity index (χ0v) is 18.3. The first-order valence-corrected chi connectivity index (χ1v) is 11.1. The number of fused-ring (bicyclic) bond motifs is 1. The monoisotopic (exact) mass is 442 g/mol. The van der Waals surface area contributed by atoms with Crippen molar-refractivity contribution in [3.05, 3.63) is 76.2 Å². The number of benzene rings is 1. The van der Waals surface area contributed by atoms with E-state index in [4.69, 9.17) is 6.42 Å². The third-order valence-corrected chi connectivity index (χ3v) is 5.96. The van der Waals surface area contributed by atoms with Crippen LogP contribution in [0, 0.1) is 12.3 Å². The summed E-state index contributed by atoms with van der Waals surface area (Å²) in [6.45, 7) is 0.167. The molecular formula is C26H26N4O3. The fourth-order valence-corrected chi connectivity index (χ4v) is 4.32. The minimum atomic E-state index is -0.579. The van der Waals surface area contributed by atoms with Crippen LogP contribution >= 0.6 is 0 Å². The first-order chi connectivity index (χ1) is 16.1. The fraction of sp³-hybridized carbons (Fsp3) is 0.308. The highest BCUT2D eigenvalue weighted by molar-refractivity contribution is 5.97. The van der Waals surface area contributed by atoms with E-state index in [1.165, 1.54) is 6.20 Å². The quantitative estimate of drug-likeness (QED) is 0.550. The molecule has 0 bridgehead atoms. The maximum atomic E-state index is 13.2. The summed E-state index contributed by atoms with van der Waals surface area (Å²) in [4.78, 5) is 43.3. The zero-order valence-electron chi connectivity index (χ0n) is 18.3. The lowest BCUT2D eigenvalue weighted by molar-refractivity contribution is -0.122. The second-order valence-corrected chi connectivity index (χ2v) is 8.27. The lowest BCUT2D eigenvalue weighted by Gasteiger charge is -2.21. The van der Waals surface area contributed by atoms with Crippen molar-refractivity contribution in [1.82, 2.24) is 20.2 Å². The van der Waals surface area contributed by atoms with Crippen LogP contribution in [0.5, 0.6) is 0 Å². The zero-order chi connectivity index (χ0) is 23.2. The number of amides is 2. The van der Waals surface area contributed by atoms with Gasteiger partial charge in [0.15, 0.2) is 0 Å². The van der Waals surface area contributed by atoms with E-state index < -0.39 is 17.4 Å². The maximum Gasteiger partial charge on any atom is 0.257 e. The van der Waals surface area contributed by atoms with Gasteiger partial charge >= 0.3 is 0 Å².